The van der Waals surface area contributed by atoms with Crippen molar-refractivity contribution in [2.45, 2.75) is 31.7 Å². The summed E-state index contributed by atoms with van der Waals surface area (Å²) < 4.78 is 12.9. The lowest BCUT2D eigenvalue weighted by molar-refractivity contribution is 0.157. The molecule has 1 aromatic rings. The van der Waals surface area contributed by atoms with Crippen LogP contribution < -0.4 is 5.32 Å². The molecule has 1 aromatic carbocycles. The van der Waals surface area contributed by atoms with E-state index in [1.54, 1.807) is 19.2 Å². The second-order valence-corrected chi connectivity index (χ2v) is 5.11. The molecular weight excluding hydrogens is 231 g/mol. The molecule has 1 aliphatic rings. The Morgan fingerprint density at radius 2 is 2.11 bits per heavy atom. The molecule has 1 N–H and O–H groups in total. The summed E-state index contributed by atoms with van der Waals surface area (Å²) >= 11 is 0. The van der Waals surface area contributed by atoms with E-state index in [-0.39, 0.29) is 17.4 Å². The van der Waals surface area contributed by atoms with Gasteiger partial charge in [0.2, 0.25) is 0 Å². The van der Waals surface area contributed by atoms with Crippen LogP contribution in [-0.4, -0.2) is 30.1 Å². The number of amides is 2. The van der Waals surface area contributed by atoms with Crippen molar-refractivity contribution in [3.05, 3.63) is 35.6 Å². The first-order valence-electron chi connectivity index (χ1n) is 6.29. The van der Waals surface area contributed by atoms with Gasteiger partial charge in [0, 0.05) is 19.1 Å². The summed E-state index contributed by atoms with van der Waals surface area (Å²) in [6, 6.07) is 6.49. The van der Waals surface area contributed by atoms with Crippen molar-refractivity contribution in [1.29, 1.82) is 0 Å². The van der Waals surface area contributed by atoms with Crippen LogP contribution in [0.1, 0.15) is 25.3 Å². The van der Waals surface area contributed by atoms with Gasteiger partial charge in [0.15, 0.2) is 0 Å². The lowest BCUT2D eigenvalue weighted by Gasteiger charge is -2.35. The van der Waals surface area contributed by atoms with Crippen molar-refractivity contribution in [3.63, 3.8) is 0 Å². The van der Waals surface area contributed by atoms with E-state index in [1.807, 2.05) is 4.90 Å². The van der Waals surface area contributed by atoms with Gasteiger partial charge in [0.25, 0.3) is 0 Å². The molecular formula is C14H19FN2O. The second-order valence-electron chi connectivity index (χ2n) is 5.11. The van der Waals surface area contributed by atoms with Crippen molar-refractivity contribution < 1.29 is 9.18 Å². The maximum atomic E-state index is 12.9. The van der Waals surface area contributed by atoms with Crippen molar-refractivity contribution in [2.75, 3.05) is 13.6 Å². The van der Waals surface area contributed by atoms with E-state index in [0.29, 0.717) is 0 Å². The Hall–Kier alpha value is -1.58. The number of hydrogen-bond acceptors (Lipinski definition) is 1. The summed E-state index contributed by atoms with van der Waals surface area (Å²) in [5.41, 5.74) is 0.896. The average molecular weight is 250 g/mol. The Kier molecular flexibility index (Phi) is 3.55. The van der Waals surface area contributed by atoms with Crippen LogP contribution in [0, 0.1) is 5.82 Å². The quantitative estimate of drug-likeness (QED) is 0.859. The minimum absolute atomic E-state index is 0.0305. The van der Waals surface area contributed by atoms with E-state index >= 15 is 0 Å². The highest BCUT2D eigenvalue weighted by atomic mass is 19.1. The number of nitrogens with one attached hydrogen (secondary N) is 1. The zero-order chi connectivity index (χ0) is 13.2. The number of hydrogen-bond donors (Lipinski definition) is 1. The molecule has 1 unspecified atom stereocenters. The number of urea groups is 1. The predicted octanol–water partition coefficient (Wildman–Crippen LogP) is 2.56. The van der Waals surface area contributed by atoms with Gasteiger partial charge in [-0.1, -0.05) is 12.1 Å². The van der Waals surface area contributed by atoms with Gasteiger partial charge < -0.3 is 10.2 Å². The lowest BCUT2D eigenvalue weighted by Crippen LogP contribution is -2.50. The number of benzene rings is 1. The van der Waals surface area contributed by atoms with Crippen LogP contribution in [0.25, 0.3) is 0 Å². The molecule has 4 heteroatoms. The van der Waals surface area contributed by atoms with Gasteiger partial charge in [-0.3, -0.25) is 0 Å². The molecule has 0 aromatic heterocycles. The molecule has 0 radical (unpaired) electrons. The minimum atomic E-state index is -0.224. The van der Waals surface area contributed by atoms with Crippen LogP contribution in [0.15, 0.2) is 24.3 Å². The lowest BCUT2D eigenvalue weighted by atomic mass is 9.90. The van der Waals surface area contributed by atoms with Gasteiger partial charge >= 0.3 is 6.03 Å². The van der Waals surface area contributed by atoms with Crippen molar-refractivity contribution >= 4 is 6.03 Å². The van der Waals surface area contributed by atoms with Crippen LogP contribution in [0.2, 0.25) is 0 Å². The van der Waals surface area contributed by atoms with Gasteiger partial charge in [-0.25, -0.2) is 9.18 Å². The van der Waals surface area contributed by atoms with Gasteiger partial charge in [-0.05, 0) is 43.9 Å². The second kappa shape index (κ2) is 4.96. The van der Waals surface area contributed by atoms with Crippen molar-refractivity contribution in [3.8, 4) is 0 Å². The molecule has 1 aliphatic heterocycles. The Morgan fingerprint density at radius 1 is 1.44 bits per heavy atom. The largest absolute Gasteiger partial charge is 0.341 e. The third-order valence-electron chi connectivity index (χ3n) is 3.71. The number of nitrogens with zero attached hydrogens (tertiary/aromatic N) is 1. The summed E-state index contributed by atoms with van der Waals surface area (Å²) in [5, 5.41) is 2.68. The number of carbonyl (C=O) groups excluding carboxylic acids is 1. The fourth-order valence-electron chi connectivity index (χ4n) is 2.73. The first-order valence-corrected chi connectivity index (χ1v) is 6.29. The SMILES string of the molecule is CNC(=O)N1CCCC1(C)Cc1ccc(F)cc1. The molecule has 1 heterocycles. The summed E-state index contributed by atoms with van der Waals surface area (Å²) in [7, 11) is 1.65. The maximum Gasteiger partial charge on any atom is 0.317 e. The van der Waals surface area contributed by atoms with Gasteiger partial charge in [-0.2, -0.15) is 0 Å². The third kappa shape index (κ3) is 2.47. The topological polar surface area (TPSA) is 32.3 Å². The van der Waals surface area contributed by atoms with Crippen molar-refractivity contribution in [1.82, 2.24) is 10.2 Å². The first-order chi connectivity index (χ1) is 8.55. The summed E-state index contributed by atoms with van der Waals surface area (Å²) in [6.07, 6.45) is 2.77. The molecule has 3 nitrogen and oxygen atoms in total. The molecule has 0 spiro atoms. The molecule has 0 bridgehead atoms. The highest BCUT2D eigenvalue weighted by Gasteiger charge is 2.39. The van der Waals surface area contributed by atoms with Crippen LogP contribution in [0.3, 0.4) is 0 Å². The Balaban J connectivity index is 2.15. The molecule has 2 amide bonds. The monoisotopic (exact) mass is 250 g/mol. The third-order valence-corrected chi connectivity index (χ3v) is 3.71. The average Bonchev–Trinajstić information content (AvgIpc) is 2.73. The summed E-state index contributed by atoms with van der Waals surface area (Å²) in [4.78, 5) is 13.7. The van der Waals surface area contributed by atoms with E-state index in [9.17, 15) is 9.18 Å². The highest BCUT2D eigenvalue weighted by molar-refractivity contribution is 5.75. The molecule has 1 fully saturated rings. The zero-order valence-electron chi connectivity index (χ0n) is 10.9. The Bertz CT molecular complexity index is 432. The molecule has 1 atom stereocenters. The predicted molar refractivity (Wildman–Crippen MR) is 68.9 cm³/mol. The molecule has 1 saturated heterocycles. The smallest absolute Gasteiger partial charge is 0.317 e. The highest BCUT2D eigenvalue weighted by Crippen LogP contribution is 2.32. The number of rotatable bonds is 2. The molecule has 0 saturated carbocycles. The molecule has 2 rings (SSSR count). The van der Waals surface area contributed by atoms with Gasteiger partial charge in [-0.15, -0.1) is 0 Å². The fourth-order valence-corrected chi connectivity index (χ4v) is 2.73. The number of likely N-dealkylation sites (tertiary alicyclic amines) is 1. The molecule has 18 heavy (non-hydrogen) atoms. The van der Waals surface area contributed by atoms with Crippen LogP contribution in [0.5, 0.6) is 0 Å². The molecule has 0 aliphatic carbocycles. The maximum absolute atomic E-state index is 12.9. The van der Waals surface area contributed by atoms with E-state index in [4.69, 9.17) is 0 Å². The van der Waals surface area contributed by atoms with E-state index in [0.717, 1.165) is 31.4 Å². The number of halogens is 1. The van der Waals surface area contributed by atoms with E-state index in [2.05, 4.69) is 12.2 Å². The first kappa shape index (κ1) is 12.9. The summed E-state index contributed by atoms with van der Waals surface area (Å²) in [5.74, 6) is -0.224. The van der Waals surface area contributed by atoms with E-state index < -0.39 is 0 Å². The standard InChI is InChI=1S/C14H19FN2O/c1-14(8-3-9-17(14)13(18)16-2)10-11-4-6-12(15)7-5-11/h4-7H,3,8-10H2,1-2H3,(H,16,18). The summed E-state index contributed by atoms with van der Waals surface area (Å²) in [6.45, 7) is 2.88. The van der Waals surface area contributed by atoms with E-state index in [1.165, 1.54) is 12.1 Å². The van der Waals surface area contributed by atoms with Gasteiger partial charge in [0.05, 0.1) is 0 Å². The van der Waals surface area contributed by atoms with Crippen molar-refractivity contribution in [2.24, 2.45) is 0 Å². The minimum Gasteiger partial charge on any atom is -0.341 e. The van der Waals surface area contributed by atoms with Gasteiger partial charge in [0.1, 0.15) is 5.82 Å². The Morgan fingerprint density at radius 3 is 2.72 bits per heavy atom. The fraction of sp³-hybridized carbons (Fsp3) is 0.500. The Labute approximate surface area is 107 Å². The number of carbonyl (C=O) groups is 1. The van der Waals surface area contributed by atoms with Crippen LogP contribution in [-0.2, 0) is 6.42 Å². The van der Waals surface area contributed by atoms with Crippen LogP contribution in [0.4, 0.5) is 9.18 Å². The molecule has 98 valence electrons. The van der Waals surface area contributed by atoms with Crippen LogP contribution >= 0.6 is 0 Å². The zero-order valence-corrected chi connectivity index (χ0v) is 10.9. The normalized spacial score (nSPS) is 23.2.